The minimum Gasteiger partial charge on any atom is -0.493 e. The first kappa shape index (κ1) is 17.5. The second-order valence-corrected chi connectivity index (χ2v) is 5.14. The van der Waals surface area contributed by atoms with E-state index in [2.05, 4.69) is 6.07 Å². The van der Waals surface area contributed by atoms with E-state index in [-0.39, 0.29) is 5.92 Å². The predicted molar refractivity (Wildman–Crippen MR) is 91.2 cm³/mol. The van der Waals surface area contributed by atoms with Crippen molar-refractivity contribution in [3.8, 4) is 29.1 Å². The maximum Gasteiger partial charge on any atom is 0.161 e. The van der Waals surface area contributed by atoms with Gasteiger partial charge in [0, 0.05) is 12.3 Å². The minimum atomic E-state index is -0.102. The molecule has 0 radical (unpaired) electrons. The predicted octanol–water partition coefficient (Wildman–Crippen LogP) is 3.77. The van der Waals surface area contributed by atoms with Crippen LogP contribution in [0.15, 0.2) is 36.4 Å². The molecule has 2 aromatic carbocycles. The van der Waals surface area contributed by atoms with Gasteiger partial charge in [-0.05, 0) is 35.4 Å². The van der Waals surface area contributed by atoms with E-state index in [0.717, 1.165) is 11.1 Å². The molecule has 0 saturated heterocycles. The number of benzene rings is 2. The second kappa shape index (κ2) is 8.11. The summed E-state index contributed by atoms with van der Waals surface area (Å²) in [6.07, 6.45) is 0.338. The van der Waals surface area contributed by atoms with Crippen LogP contribution in [-0.2, 0) is 0 Å². The third kappa shape index (κ3) is 3.54. The number of nitrogens with zero attached hydrogens (tertiary/aromatic N) is 1. The van der Waals surface area contributed by atoms with E-state index in [1.807, 2.05) is 36.4 Å². The molecule has 24 heavy (non-hydrogen) atoms. The summed E-state index contributed by atoms with van der Waals surface area (Å²) in [5.74, 6) is 2.49. The summed E-state index contributed by atoms with van der Waals surface area (Å²) in [4.78, 5) is 0. The van der Waals surface area contributed by atoms with Crippen molar-refractivity contribution in [2.24, 2.45) is 0 Å². The van der Waals surface area contributed by atoms with E-state index < -0.39 is 0 Å². The van der Waals surface area contributed by atoms with Crippen molar-refractivity contribution in [1.82, 2.24) is 0 Å². The molecule has 2 rings (SSSR count). The highest BCUT2D eigenvalue weighted by Crippen LogP contribution is 2.37. The Morgan fingerprint density at radius 3 is 1.50 bits per heavy atom. The van der Waals surface area contributed by atoms with Crippen LogP contribution >= 0.6 is 0 Å². The Morgan fingerprint density at radius 2 is 1.17 bits per heavy atom. The molecule has 0 saturated carbocycles. The van der Waals surface area contributed by atoms with Crippen molar-refractivity contribution in [2.45, 2.75) is 12.3 Å². The fourth-order valence-electron chi connectivity index (χ4n) is 2.66. The molecular weight excluding hydrogens is 306 g/mol. The average molecular weight is 327 g/mol. The molecule has 2 aromatic rings. The second-order valence-electron chi connectivity index (χ2n) is 5.14. The van der Waals surface area contributed by atoms with Crippen LogP contribution < -0.4 is 18.9 Å². The number of rotatable bonds is 7. The molecule has 0 atom stereocenters. The molecule has 0 aliphatic carbocycles. The average Bonchev–Trinajstić information content (AvgIpc) is 2.64. The first-order chi connectivity index (χ1) is 11.7. The molecule has 0 aliphatic heterocycles. The summed E-state index contributed by atoms with van der Waals surface area (Å²) >= 11 is 0. The third-order valence-electron chi connectivity index (χ3n) is 3.92. The largest absolute Gasteiger partial charge is 0.493 e. The molecule has 0 aromatic heterocycles. The van der Waals surface area contributed by atoms with Gasteiger partial charge in [0.05, 0.1) is 34.5 Å². The molecule has 0 fully saturated rings. The molecule has 0 aliphatic rings. The van der Waals surface area contributed by atoms with E-state index in [9.17, 15) is 5.26 Å². The molecular formula is C19H21NO4. The van der Waals surface area contributed by atoms with Gasteiger partial charge in [0.2, 0.25) is 0 Å². The van der Waals surface area contributed by atoms with Crippen molar-refractivity contribution in [1.29, 1.82) is 5.26 Å². The van der Waals surface area contributed by atoms with Crippen molar-refractivity contribution in [3.63, 3.8) is 0 Å². The zero-order valence-corrected chi connectivity index (χ0v) is 14.3. The topological polar surface area (TPSA) is 60.7 Å². The third-order valence-corrected chi connectivity index (χ3v) is 3.92. The molecule has 5 heteroatoms. The fourth-order valence-corrected chi connectivity index (χ4v) is 2.66. The van der Waals surface area contributed by atoms with Gasteiger partial charge in [-0.3, -0.25) is 0 Å². The lowest BCUT2D eigenvalue weighted by molar-refractivity contribution is 0.353. The van der Waals surface area contributed by atoms with Crippen LogP contribution in [0.4, 0.5) is 0 Å². The van der Waals surface area contributed by atoms with Crippen molar-refractivity contribution in [2.75, 3.05) is 28.4 Å². The number of methoxy groups -OCH3 is 4. The van der Waals surface area contributed by atoms with Gasteiger partial charge in [-0.25, -0.2) is 0 Å². The lowest BCUT2D eigenvalue weighted by Crippen LogP contribution is -2.03. The monoisotopic (exact) mass is 327 g/mol. The first-order valence-corrected chi connectivity index (χ1v) is 7.49. The van der Waals surface area contributed by atoms with Crippen LogP contribution in [0.3, 0.4) is 0 Å². The normalized spacial score (nSPS) is 10.2. The zero-order chi connectivity index (χ0) is 17.5. The highest BCUT2D eigenvalue weighted by atomic mass is 16.5. The lowest BCUT2D eigenvalue weighted by atomic mass is 9.88. The lowest BCUT2D eigenvalue weighted by Gasteiger charge is -2.18. The molecule has 0 heterocycles. The quantitative estimate of drug-likeness (QED) is 0.775. The van der Waals surface area contributed by atoms with Gasteiger partial charge in [-0.15, -0.1) is 0 Å². The van der Waals surface area contributed by atoms with E-state index in [1.54, 1.807) is 28.4 Å². The number of hydrogen-bond donors (Lipinski definition) is 0. The summed E-state index contributed by atoms with van der Waals surface area (Å²) in [5, 5.41) is 9.25. The van der Waals surface area contributed by atoms with Crippen molar-refractivity contribution in [3.05, 3.63) is 47.5 Å². The van der Waals surface area contributed by atoms with Gasteiger partial charge in [0.15, 0.2) is 23.0 Å². The number of ether oxygens (including phenoxy) is 4. The van der Waals surface area contributed by atoms with Crippen LogP contribution in [0.1, 0.15) is 23.5 Å². The van der Waals surface area contributed by atoms with Gasteiger partial charge in [-0.1, -0.05) is 12.1 Å². The first-order valence-electron chi connectivity index (χ1n) is 7.49. The molecule has 5 nitrogen and oxygen atoms in total. The van der Waals surface area contributed by atoms with Crippen LogP contribution in [0.2, 0.25) is 0 Å². The summed E-state index contributed by atoms with van der Waals surface area (Å²) < 4.78 is 21.3. The highest BCUT2D eigenvalue weighted by Gasteiger charge is 2.18. The van der Waals surface area contributed by atoms with Gasteiger partial charge in [0.1, 0.15) is 0 Å². The van der Waals surface area contributed by atoms with E-state index >= 15 is 0 Å². The van der Waals surface area contributed by atoms with E-state index in [4.69, 9.17) is 18.9 Å². The minimum absolute atomic E-state index is 0.102. The summed E-state index contributed by atoms with van der Waals surface area (Å²) in [5.41, 5.74) is 1.95. The highest BCUT2D eigenvalue weighted by molar-refractivity contribution is 5.49. The standard InChI is InChI=1S/C19H21NO4/c1-21-16-7-5-13(11-18(16)23-3)15(9-10-20)14-6-8-17(22-2)19(12-14)24-4/h5-8,11-12,15H,9H2,1-4H3. The Balaban J connectivity index is 2.48. The maximum atomic E-state index is 9.25. The van der Waals surface area contributed by atoms with Crippen LogP contribution in [0.5, 0.6) is 23.0 Å². The SMILES string of the molecule is COc1ccc(C(CC#N)c2ccc(OC)c(OC)c2)cc1OC. The number of hydrogen-bond acceptors (Lipinski definition) is 5. The Morgan fingerprint density at radius 1 is 0.750 bits per heavy atom. The van der Waals surface area contributed by atoms with Gasteiger partial charge >= 0.3 is 0 Å². The van der Waals surface area contributed by atoms with Crippen molar-refractivity contribution < 1.29 is 18.9 Å². The Bertz CT molecular complexity index is 681. The molecule has 0 bridgehead atoms. The summed E-state index contributed by atoms with van der Waals surface area (Å²) in [6, 6.07) is 13.6. The van der Waals surface area contributed by atoms with E-state index in [0.29, 0.717) is 29.4 Å². The smallest absolute Gasteiger partial charge is 0.161 e. The molecule has 0 unspecified atom stereocenters. The molecule has 126 valence electrons. The van der Waals surface area contributed by atoms with Crippen molar-refractivity contribution >= 4 is 0 Å². The molecule has 0 amide bonds. The van der Waals surface area contributed by atoms with Gasteiger partial charge < -0.3 is 18.9 Å². The Labute approximate surface area is 142 Å². The number of nitriles is 1. The van der Waals surface area contributed by atoms with Gasteiger partial charge in [-0.2, -0.15) is 5.26 Å². The van der Waals surface area contributed by atoms with Crippen LogP contribution in [0.25, 0.3) is 0 Å². The fraction of sp³-hybridized carbons (Fsp3) is 0.316. The molecule has 0 spiro atoms. The van der Waals surface area contributed by atoms with Gasteiger partial charge in [0.25, 0.3) is 0 Å². The zero-order valence-electron chi connectivity index (χ0n) is 14.3. The van der Waals surface area contributed by atoms with E-state index in [1.165, 1.54) is 0 Å². The van der Waals surface area contributed by atoms with Crippen LogP contribution in [0, 0.1) is 11.3 Å². The maximum absolute atomic E-state index is 9.25. The summed E-state index contributed by atoms with van der Waals surface area (Å²) in [7, 11) is 6.38. The Kier molecular flexibility index (Phi) is 5.91. The summed E-state index contributed by atoms with van der Waals surface area (Å²) in [6.45, 7) is 0. The van der Waals surface area contributed by atoms with Crippen LogP contribution in [-0.4, -0.2) is 28.4 Å². The molecule has 0 N–H and O–H groups in total. The Hall–Kier alpha value is -2.87.